The lowest BCUT2D eigenvalue weighted by atomic mass is 10.2. The Morgan fingerprint density at radius 3 is 1.67 bits per heavy atom. The van der Waals surface area contributed by atoms with Crippen LogP contribution in [0.15, 0.2) is 36.8 Å². The maximum absolute atomic E-state index is 8.62. The van der Waals surface area contributed by atoms with E-state index in [-0.39, 0.29) is 17.9 Å². The molecule has 0 aliphatic rings. The third kappa shape index (κ3) is 3.41. The molecule has 0 rings (SSSR count). The van der Waals surface area contributed by atoms with Crippen LogP contribution in [-0.4, -0.2) is 10.2 Å². The Bertz CT molecular complexity index is 156. The molecule has 0 aromatic rings. The zero-order valence-electron chi connectivity index (χ0n) is 5.22. The Morgan fingerprint density at radius 1 is 1.11 bits per heavy atom. The van der Waals surface area contributed by atoms with Crippen LogP contribution in [0, 0.1) is 0 Å². The van der Waals surface area contributed by atoms with Crippen molar-refractivity contribution in [2.24, 2.45) is 0 Å². The molecule has 2 N–H and O–H groups in total. The van der Waals surface area contributed by atoms with E-state index in [9.17, 15) is 0 Å². The Morgan fingerprint density at radius 2 is 1.56 bits per heavy atom. The van der Waals surface area contributed by atoms with Gasteiger partial charge in [0.05, 0.1) is 5.76 Å². The van der Waals surface area contributed by atoms with Gasteiger partial charge in [0.1, 0.15) is 5.76 Å². The number of aliphatic hydroxyl groups excluding tert-OH is 2. The number of hydrogen-bond donors (Lipinski definition) is 2. The van der Waals surface area contributed by atoms with Crippen molar-refractivity contribution >= 4 is 0 Å². The maximum atomic E-state index is 8.62. The van der Waals surface area contributed by atoms with Crippen molar-refractivity contribution in [2.45, 2.75) is 6.42 Å². The van der Waals surface area contributed by atoms with Crippen LogP contribution in [0.5, 0.6) is 0 Å². The predicted molar refractivity (Wildman–Crippen MR) is 37.3 cm³/mol. The highest BCUT2D eigenvalue weighted by atomic mass is 16.3. The number of hydrogen-bond acceptors (Lipinski definition) is 2. The van der Waals surface area contributed by atoms with Crippen molar-refractivity contribution in [2.75, 3.05) is 0 Å². The smallest absolute Gasteiger partial charge is 0.111 e. The van der Waals surface area contributed by atoms with E-state index in [1.54, 1.807) is 0 Å². The van der Waals surface area contributed by atoms with E-state index in [4.69, 9.17) is 10.2 Å². The molecule has 2 heteroatoms. The van der Waals surface area contributed by atoms with Crippen LogP contribution in [0.25, 0.3) is 0 Å². The average Bonchev–Trinajstić information content (AvgIpc) is 1.63. The van der Waals surface area contributed by atoms with Crippen LogP contribution in [-0.2, 0) is 0 Å². The van der Waals surface area contributed by atoms with E-state index in [0.29, 0.717) is 5.57 Å². The van der Waals surface area contributed by atoms with Crippen LogP contribution in [0.3, 0.4) is 0 Å². The minimum absolute atomic E-state index is 0.0183. The van der Waals surface area contributed by atoms with E-state index in [1.165, 1.54) is 0 Å². The topological polar surface area (TPSA) is 40.5 Å². The number of allylic oxidation sites excluding steroid dienone is 2. The molecule has 0 radical (unpaired) electrons. The van der Waals surface area contributed by atoms with Crippen molar-refractivity contribution in [1.82, 2.24) is 0 Å². The Hall–Kier alpha value is -1.18. The first-order chi connectivity index (χ1) is 4.04. The van der Waals surface area contributed by atoms with Crippen molar-refractivity contribution in [3.8, 4) is 0 Å². The minimum Gasteiger partial charge on any atom is -0.513 e. The zero-order chi connectivity index (χ0) is 7.44. The van der Waals surface area contributed by atoms with Gasteiger partial charge in [0.25, 0.3) is 0 Å². The van der Waals surface area contributed by atoms with Crippen molar-refractivity contribution in [1.29, 1.82) is 0 Å². The summed E-state index contributed by atoms with van der Waals surface area (Å²) >= 11 is 0. The summed E-state index contributed by atoms with van der Waals surface area (Å²) in [7, 11) is 0. The quantitative estimate of drug-likeness (QED) is 0.449. The highest BCUT2D eigenvalue weighted by Gasteiger charge is 1.97. The van der Waals surface area contributed by atoms with Gasteiger partial charge in [0.2, 0.25) is 0 Å². The lowest BCUT2D eigenvalue weighted by Gasteiger charge is -1.99. The van der Waals surface area contributed by atoms with Gasteiger partial charge in [0, 0.05) is 6.42 Å². The molecule has 50 valence electrons. The molecule has 0 saturated carbocycles. The molecule has 0 aromatic heterocycles. The molecule has 0 aliphatic carbocycles. The highest BCUT2D eigenvalue weighted by molar-refractivity contribution is 5.21. The van der Waals surface area contributed by atoms with E-state index in [2.05, 4.69) is 19.7 Å². The second-order valence-electron chi connectivity index (χ2n) is 1.79. The summed E-state index contributed by atoms with van der Waals surface area (Å²) in [4.78, 5) is 0. The second kappa shape index (κ2) is 2.97. The van der Waals surface area contributed by atoms with Gasteiger partial charge in [-0.2, -0.15) is 0 Å². The molecule has 0 aromatic carbocycles. The Kier molecular flexibility index (Phi) is 2.58. The molecule has 0 bridgehead atoms. The summed E-state index contributed by atoms with van der Waals surface area (Å²) in [6.07, 6.45) is 0.190. The maximum Gasteiger partial charge on any atom is 0.111 e. The van der Waals surface area contributed by atoms with Crippen molar-refractivity contribution < 1.29 is 10.2 Å². The van der Waals surface area contributed by atoms with E-state index in [1.807, 2.05) is 0 Å². The highest BCUT2D eigenvalue weighted by Crippen LogP contribution is 2.09. The largest absolute Gasteiger partial charge is 0.513 e. The molecule has 0 unspecified atom stereocenters. The van der Waals surface area contributed by atoms with Crippen molar-refractivity contribution in [3.05, 3.63) is 36.8 Å². The summed E-state index contributed by atoms with van der Waals surface area (Å²) in [6, 6.07) is 0. The number of rotatable bonds is 3. The molecule has 0 spiro atoms. The zero-order valence-corrected chi connectivity index (χ0v) is 5.22. The molecule has 0 saturated heterocycles. The first-order valence-corrected chi connectivity index (χ1v) is 2.46. The van der Waals surface area contributed by atoms with Gasteiger partial charge < -0.3 is 10.2 Å². The first kappa shape index (κ1) is 7.82. The molecule has 2 nitrogen and oxygen atoms in total. The molecule has 0 atom stereocenters. The normalized spacial score (nSPS) is 8.44. The molecule has 0 heterocycles. The Labute approximate surface area is 54.4 Å². The standard InChI is InChI=1S/C7H10O2/c1-5(7(3)9)4-6(2)8/h8-9H,1-4H2. The minimum atomic E-state index is -0.106. The lowest BCUT2D eigenvalue weighted by molar-refractivity contribution is 0.385. The number of aliphatic hydroxyl groups is 2. The summed E-state index contributed by atoms with van der Waals surface area (Å²) in [5, 5.41) is 17.2. The van der Waals surface area contributed by atoms with Crippen LogP contribution in [0.1, 0.15) is 6.42 Å². The molecule has 0 amide bonds. The van der Waals surface area contributed by atoms with E-state index < -0.39 is 0 Å². The third-order valence-corrected chi connectivity index (χ3v) is 0.826. The second-order valence-corrected chi connectivity index (χ2v) is 1.79. The van der Waals surface area contributed by atoms with Gasteiger partial charge >= 0.3 is 0 Å². The summed E-state index contributed by atoms with van der Waals surface area (Å²) < 4.78 is 0. The molecule has 0 fully saturated rings. The summed E-state index contributed by atoms with van der Waals surface area (Å²) in [5.74, 6) is -0.125. The summed E-state index contributed by atoms with van der Waals surface area (Å²) in [6.45, 7) is 9.86. The van der Waals surface area contributed by atoms with Gasteiger partial charge in [0.15, 0.2) is 0 Å². The van der Waals surface area contributed by atoms with Gasteiger partial charge in [-0.3, -0.25) is 0 Å². The van der Waals surface area contributed by atoms with Gasteiger partial charge in [-0.1, -0.05) is 19.7 Å². The molecule has 0 aliphatic heterocycles. The van der Waals surface area contributed by atoms with Crippen LogP contribution < -0.4 is 0 Å². The fourth-order valence-corrected chi connectivity index (χ4v) is 0.348. The SMILES string of the molecule is C=C(O)CC(=C)C(=C)O. The van der Waals surface area contributed by atoms with Gasteiger partial charge in [-0.15, -0.1) is 0 Å². The first-order valence-electron chi connectivity index (χ1n) is 2.46. The van der Waals surface area contributed by atoms with Crippen molar-refractivity contribution in [3.63, 3.8) is 0 Å². The van der Waals surface area contributed by atoms with Crippen LogP contribution in [0.2, 0.25) is 0 Å². The fraction of sp³-hybridized carbons (Fsp3) is 0.143. The molecular weight excluding hydrogens is 116 g/mol. The average molecular weight is 126 g/mol. The van der Waals surface area contributed by atoms with Crippen LogP contribution >= 0.6 is 0 Å². The molecule has 9 heavy (non-hydrogen) atoms. The van der Waals surface area contributed by atoms with Gasteiger partial charge in [-0.05, 0) is 5.57 Å². The summed E-state index contributed by atoms with van der Waals surface area (Å²) in [5.41, 5.74) is 0.391. The van der Waals surface area contributed by atoms with E-state index >= 15 is 0 Å². The predicted octanol–water partition coefficient (Wildman–Crippen LogP) is 2.08. The Balaban J connectivity index is 3.79. The third-order valence-electron chi connectivity index (χ3n) is 0.826. The lowest BCUT2D eigenvalue weighted by Crippen LogP contribution is -1.86. The van der Waals surface area contributed by atoms with E-state index in [0.717, 1.165) is 0 Å². The fourth-order valence-electron chi connectivity index (χ4n) is 0.348. The monoisotopic (exact) mass is 126 g/mol. The van der Waals surface area contributed by atoms with Gasteiger partial charge in [-0.25, -0.2) is 0 Å². The van der Waals surface area contributed by atoms with Crippen LogP contribution in [0.4, 0.5) is 0 Å². The molecular formula is C7H10O2.